The molecular weight excluding hydrogens is 438 g/mol. The molecule has 3 aromatic rings. The molecule has 1 aromatic heterocycles. The zero-order chi connectivity index (χ0) is 19.7. The first-order valence-corrected chi connectivity index (χ1v) is 10.6. The molecule has 2 aromatic carbocycles. The molecule has 1 amide bonds. The number of ether oxygens (including phenoxy) is 2. The van der Waals surface area contributed by atoms with E-state index in [2.05, 4.69) is 22.0 Å². The molecule has 0 unspecified atom stereocenters. The lowest BCUT2D eigenvalue weighted by molar-refractivity contribution is 0.0696. The summed E-state index contributed by atoms with van der Waals surface area (Å²) in [5, 5.41) is 2.05. The Bertz CT molecular complexity index is 1000. The first kappa shape index (κ1) is 19.0. The highest BCUT2D eigenvalue weighted by atomic mass is 79.9. The van der Waals surface area contributed by atoms with Gasteiger partial charge in [-0.15, -0.1) is 11.3 Å². The molecule has 0 saturated heterocycles. The number of rotatable bonds is 4. The normalized spacial score (nSPS) is 15.8. The number of hydrogen-bond donors (Lipinski definition) is 0. The Morgan fingerprint density at radius 3 is 2.54 bits per heavy atom. The number of hydrogen-bond acceptors (Lipinski definition) is 4. The molecule has 144 valence electrons. The molecule has 0 spiro atoms. The quantitative estimate of drug-likeness (QED) is 0.532. The minimum absolute atomic E-state index is 0.0197. The van der Waals surface area contributed by atoms with E-state index in [-0.39, 0.29) is 11.9 Å². The van der Waals surface area contributed by atoms with Crippen LogP contribution in [0.3, 0.4) is 0 Å². The maximum Gasteiger partial charge on any atom is 0.255 e. The molecule has 0 saturated carbocycles. The number of carbonyl (C=O) groups excluding carboxylic acids is 1. The third kappa shape index (κ3) is 3.31. The standard InChI is InChI=1S/C22H20BrNO3S/c1-26-18-12-14-9-10-24(22(25)15-6-3-4-7-17(15)23)21(20-8-5-11-28-20)16(14)13-19(18)27-2/h3-8,11-13,21H,9-10H2,1-2H3/t21-/m0/s1. The van der Waals surface area contributed by atoms with Gasteiger partial charge in [0.25, 0.3) is 5.91 Å². The van der Waals surface area contributed by atoms with Crippen LogP contribution in [0.2, 0.25) is 0 Å². The predicted octanol–water partition coefficient (Wildman–Crippen LogP) is 5.32. The minimum Gasteiger partial charge on any atom is -0.493 e. The van der Waals surface area contributed by atoms with Crippen LogP contribution in [0.1, 0.15) is 32.4 Å². The van der Waals surface area contributed by atoms with Gasteiger partial charge in [0, 0.05) is 15.9 Å². The van der Waals surface area contributed by atoms with Crippen LogP contribution in [-0.4, -0.2) is 31.6 Å². The number of benzene rings is 2. The molecule has 0 fully saturated rings. The average molecular weight is 458 g/mol. The van der Waals surface area contributed by atoms with Crippen molar-refractivity contribution in [2.45, 2.75) is 12.5 Å². The lowest BCUT2D eigenvalue weighted by atomic mass is 9.90. The molecule has 1 aliphatic heterocycles. The minimum atomic E-state index is -0.150. The number of methoxy groups -OCH3 is 2. The van der Waals surface area contributed by atoms with Crippen molar-refractivity contribution in [3.05, 3.63) is 80.0 Å². The first-order chi connectivity index (χ1) is 13.6. The maximum absolute atomic E-state index is 13.5. The molecule has 0 N–H and O–H groups in total. The lowest BCUT2D eigenvalue weighted by Gasteiger charge is -2.37. The van der Waals surface area contributed by atoms with E-state index in [0.717, 1.165) is 27.1 Å². The van der Waals surface area contributed by atoms with Crippen molar-refractivity contribution in [2.24, 2.45) is 0 Å². The van der Waals surface area contributed by atoms with Gasteiger partial charge >= 0.3 is 0 Å². The Morgan fingerprint density at radius 2 is 1.86 bits per heavy atom. The van der Waals surface area contributed by atoms with Gasteiger partial charge in [0.1, 0.15) is 0 Å². The van der Waals surface area contributed by atoms with Crippen molar-refractivity contribution in [2.75, 3.05) is 20.8 Å². The third-order valence-electron chi connectivity index (χ3n) is 5.05. The zero-order valence-electron chi connectivity index (χ0n) is 15.6. The van der Waals surface area contributed by atoms with E-state index in [0.29, 0.717) is 17.9 Å². The topological polar surface area (TPSA) is 38.8 Å². The van der Waals surface area contributed by atoms with Crippen LogP contribution in [-0.2, 0) is 6.42 Å². The smallest absolute Gasteiger partial charge is 0.255 e. The molecule has 2 heterocycles. The van der Waals surface area contributed by atoms with Crippen molar-refractivity contribution < 1.29 is 14.3 Å². The molecule has 0 radical (unpaired) electrons. The van der Waals surface area contributed by atoms with E-state index in [1.165, 1.54) is 5.56 Å². The maximum atomic E-state index is 13.5. The Hall–Kier alpha value is -2.31. The highest BCUT2D eigenvalue weighted by Crippen LogP contribution is 2.42. The molecule has 1 atom stereocenters. The molecule has 1 aliphatic rings. The monoisotopic (exact) mass is 457 g/mol. The van der Waals surface area contributed by atoms with Crippen LogP contribution in [0.15, 0.2) is 58.4 Å². The second-order valence-corrected chi connectivity index (χ2v) is 8.39. The molecule has 28 heavy (non-hydrogen) atoms. The van der Waals surface area contributed by atoms with Crippen LogP contribution in [0.5, 0.6) is 11.5 Å². The number of halogens is 1. The second-order valence-electron chi connectivity index (χ2n) is 6.55. The van der Waals surface area contributed by atoms with E-state index >= 15 is 0 Å². The zero-order valence-corrected chi connectivity index (χ0v) is 18.0. The fourth-order valence-electron chi connectivity index (χ4n) is 3.71. The van der Waals surface area contributed by atoms with Gasteiger partial charge in [-0.25, -0.2) is 0 Å². The van der Waals surface area contributed by atoms with Gasteiger partial charge in [0.2, 0.25) is 0 Å². The van der Waals surface area contributed by atoms with Crippen LogP contribution in [0.4, 0.5) is 0 Å². The molecule has 0 aliphatic carbocycles. The number of carbonyl (C=O) groups is 1. The molecule has 6 heteroatoms. The Balaban J connectivity index is 1.84. The SMILES string of the molecule is COc1cc2c(cc1OC)[C@@H](c1cccs1)N(C(=O)c1ccccc1Br)CC2. The summed E-state index contributed by atoms with van der Waals surface area (Å²) in [7, 11) is 3.28. The Morgan fingerprint density at radius 1 is 1.11 bits per heavy atom. The summed E-state index contributed by atoms with van der Waals surface area (Å²) >= 11 is 5.18. The molecule has 0 bridgehead atoms. The van der Waals surface area contributed by atoms with E-state index < -0.39 is 0 Å². The molecule has 4 nitrogen and oxygen atoms in total. The number of amides is 1. The molecular formula is C22H20BrNO3S. The summed E-state index contributed by atoms with van der Waals surface area (Å²) < 4.78 is 11.8. The van der Waals surface area contributed by atoms with Gasteiger partial charge in [-0.2, -0.15) is 0 Å². The summed E-state index contributed by atoms with van der Waals surface area (Å²) in [6.07, 6.45) is 0.772. The van der Waals surface area contributed by atoms with Crippen LogP contribution >= 0.6 is 27.3 Å². The summed E-state index contributed by atoms with van der Waals surface area (Å²) in [5.74, 6) is 1.42. The summed E-state index contributed by atoms with van der Waals surface area (Å²) in [5.41, 5.74) is 2.95. The summed E-state index contributed by atoms with van der Waals surface area (Å²) in [6, 6.07) is 15.6. The highest BCUT2D eigenvalue weighted by molar-refractivity contribution is 9.10. The van der Waals surface area contributed by atoms with Crippen molar-refractivity contribution in [1.82, 2.24) is 4.90 Å². The van der Waals surface area contributed by atoms with Gasteiger partial charge in [-0.05, 0) is 69.2 Å². The first-order valence-electron chi connectivity index (χ1n) is 8.97. The van der Waals surface area contributed by atoms with Crippen LogP contribution in [0.25, 0.3) is 0 Å². The van der Waals surface area contributed by atoms with Gasteiger partial charge < -0.3 is 14.4 Å². The molecule has 4 rings (SSSR count). The van der Waals surface area contributed by atoms with Gasteiger partial charge in [-0.1, -0.05) is 18.2 Å². The highest BCUT2D eigenvalue weighted by Gasteiger charge is 2.34. The third-order valence-corrected chi connectivity index (χ3v) is 6.67. The van der Waals surface area contributed by atoms with E-state index in [1.54, 1.807) is 25.6 Å². The fourth-order valence-corrected chi connectivity index (χ4v) is 5.02. The number of thiophene rings is 1. The fraction of sp³-hybridized carbons (Fsp3) is 0.227. The van der Waals surface area contributed by atoms with E-state index in [9.17, 15) is 4.79 Å². The van der Waals surface area contributed by atoms with Crippen molar-refractivity contribution >= 4 is 33.2 Å². The average Bonchev–Trinajstić information content (AvgIpc) is 3.26. The van der Waals surface area contributed by atoms with Crippen molar-refractivity contribution in [1.29, 1.82) is 0 Å². The van der Waals surface area contributed by atoms with E-state index in [1.807, 2.05) is 52.7 Å². The van der Waals surface area contributed by atoms with Gasteiger partial charge in [-0.3, -0.25) is 4.79 Å². The number of nitrogens with zero attached hydrogens (tertiary/aromatic N) is 1. The van der Waals surface area contributed by atoms with Gasteiger partial charge in [0.05, 0.1) is 25.8 Å². The Labute approximate surface area is 176 Å². The van der Waals surface area contributed by atoms with Crippen LogP contribution < -0.4 is 9.47 Å². The Kier molecular flexibility index (Phi) is 5.42. The predicted molar refractivity (Wildman–Crippen MR) is 115 cm³/mol. The lowest BCUT2D eigenvalue weighted by Crippen LogP contribution is -2.40. The number of fused-ring (bicyclic) bond motifs is 1. The van der Waals surface area contributed by atoms with E-state index in [4.69, 9.17) is 9.47 Å². The van der Waals surface area contributed by atoms with Gasteiger partial charge in [0.15, 0.2) is 11.5 Å². The van der Waals surface area contributed by atoms with Crippen LogP contribution in [0, 0.1) is 0 Å². The van der Waals surface area contributed by atoms with Crippen molar-refractivity contribution in [3.8, 4) is 11.5 Å². The van der Waals surface area contributed by atoms with Crippen molar-refractivity contribution in [3.63, 3.8) is 0 Å². The second kappa shape index (κ2) is 7.97. The summed E-state index contributed by atoms with van der Waals surface area (Å²) in [4.78, 5) is 16.5. The summed E-state index contributed by atoms with van der Waals surface area (Å²) in [6.45, 7) is 0.644. The largest absolute Gasteiger partial charge is 0.493 e.